The summed E-state index contributed by atoms with van der Waals surface area (Å²) >= 11 is 0. The standard InChI is InChI=1S/C40H25N3/c1-2-13-28(14-3-1)39-40(42-33-21-8-7-20-32(33)41-39)30-18-6-9-22-34(30)43-35-23-11-16-27-15-10-19-31(37(27)35)38-29-17-5-4-12-26(29)24-25-36(38)43/h1-25H. The van der Waals surface area contributed by atoms with Gasteiger partial charge in [0.25, 0.3) is 0 Å². The number of hydrogen-bond acceptors (Lipinski definition) is 3. The van der Waals surface area contributed by atoms with Crippen LogP contribution in [0.1, 0.15) is 0 Å². The number of fused-ring (bicyclic) bond motifs is 5. The molecule has 1 aromatic heterocycles. The van der Waals surface area contributed by atoms with Crippen LogP contribution in [0.4, 0.5) is 17.1 Å². The van der Waals surface area contributed by atoms with Crippen LogP contribution in [0.15, 0.2) is 152 Å². The highest BCUT2D eigenvalue weighted by molar-refractivity contribution is 6.20. The molecule has 3 heteroatoms. The van der Waals surface area contributed by atoms with Crippen molar-refractivity contribution in [1.29, 1.82) is 0 Å². The lowest BCUT2D eigenvalue weighted by atomic mass is 9.87. The van der Waals surface area contributed by atoms with Crippen LogP contribution in [0.3, 0.4) is 0 Å². The topological polar surface area (TPSA) is 29.0 Å². The maximum atomic E-state index is 5.29. The first-order chi connectivity index (χ1) is 21.3. The second-order valence-corrected chi connectivity index (χ2v) is 11.0. The third-order valence-electron chi connectivity index (χ3n) is 8.56. The van der Waals surface area contributed by atoms with Crippen molar-refractivity contribution in [3.8, 4) is 33.6 Å². The minimum absolute atomic E-state index is 0.869. The lowest BCUT2D eigenvalue weighted by Gasteiger charge is -2.35. The third kappa shape index (κ3) is 3.62. The Bertz CT molecular complexity index is 2350. The number of nitrogens with zero attached hydrogens (tertiary/aromatic N) is 3. The first kappa shape index (κ1) is 23.9. The highest BCUT2D eigenvalue weighted by atomic mass is 15.2. The number of anilines is 3. The Balaban J connectivity index is 1.39. The summed E-state index contributed by atoms with van der Waals surface area (Å²) in [6, 6.07) is 53.6. The fourth-order valence-electron chi connectivity index (χ4n) is 6.69. The van der Waals surface area contributed by atoms with Gasteiger partial charge in [0.05, 0.1) is 39.5 Å². The fraction of sp³-hybridized carbons (Fsp3) is 0. The minimum atomic E-state index is 0.869. The maximum Gasteiger partial charge on any atom is 0.0994 e. The first-order valence-electron chi connectivity index (χ1n) is 14.6. The molecule has 0 bridgehead atoms. The second kappa shape index (κ2) is 9.37. The molecular formula is C40H25N3. The molecular weight excluding hydrogens is 522 g/mol. The van der Waals surface area contributed by atoms with Crippen molar-refractivity contribution in [1.82, 2.24) is 9.97 Å². The second-order valence-electron chi connectivity index (χ2n) is 11.0. The van der Waals surface area contributed by atoms with Gasteiger partial charge in [-0.3, -0.25) is 0 Å². The molecule has 3 nitrogen and oxygen atoms in total. The summed E-state index contributed by atoms with van der Waals surface area (Å²) in [6.07, 6.45) is 0. The van der Waals surface area contributed by atoms with Crippen LogP contribution < -0.4 is 4.90 Å². The average molecular weight is 548 g/mol. The quantitative estimate of drug-likeness (QED) is 0.220. The summed E-state index contributed by atoms with van der Waals surface area (Å²) in [4.78, 5) is 12.9. The highest BCUT2D eigenvalue weighted by Crippen LogP contribution is 2.54. The van der Waals surface area contributed by atoms with Gasteiger partial charge >= 0.3 is 0 Å². The van der Waals surface area contributed by atoms with E-state index in [1.807, 2.05) is 30.3 Å². The van der Waals surface area contributed by atoms with Gasteiger partial charge < -0.3 is 4.90 Å². The van der Waals surface area contributed by atoms with E-state index in [1.165, 1.54) is 38.4 Å². The SMILES string of the molecule is c1ccc(-c2nc3ccccc3nc2-c2ccccc2N2c3ccc4ccccc4c3-c3cccc4cccc2c34)cc1. The van der Waals surface area contributed by atoms with Gasteiger partial charge in [0, 0.05) is 22.1 Å². The molecule has 1 aliphatic heterocycles. The van der Waals surface area contributed by atoms with Gasteiger partial charge in [-0.25, -0.2) is 9.97 Å². The molecule has 0 aliphatic carbocycles. The number of aromatic nitrogens is 2. The molecule has 0 spiro atoms. The molecule has 0 fully saturated rings. The Kier molecular flexibility index (Phi) is 5.20. The zero-order valence-electron chi connectivity index (χ0n) is 23.3. The molecule has 9 rings (SSSR count). The summed E-state index contributed by atoms with van der Waals surface area (Å²) in [5.41, 5.74) is 11.5. The molecule has 0 atom stereocenters. The third-order valence-corrected chi connectivity index (χ3v) is 8.56. The molecule has 7 aromatic carbocycles. The van der Waals surface area contributed by atoms with Crippen LogP contribution in [0.5, 0.6) is 0 Å². The summed E-state index contributed by atoms with van der Waals surface area (Å²) in [5.74, 6) is 0. The van der Waals surface area contributed by atoms with Crippen molar-refractivity contribution >= 4 is 49.6 Å². The van der Waals surface area contributed by atoms with Crippen molar-refractivity contribution in [3.63, 3.8) is 0 Å². The molecule has 0 radical (unpaired) electrons. The van der Waals surface area contributed by atoms with Gasteiger partial charge in [0.15, 0.2) is 0 Å². The van der Waals surface area contributed by atoms with E-state index in [2.05, 4.69) is 126 Å². The first-order valence-corrected chi connectivity index (χ1v) is 14.6. The molecule has 1 aliphatic rings. The van der Waals surface area contributed by atoms with Crippen LogP contribution in [0.25, 0.3) is 66.2 Å². The number of para-hydroxylation sites is 3. The number of hydrogen-bond donors (Lipinski definition) is 0. The van der Waals surface area contributed by atoms with Gasteiger partial charge in [0.1, 0.15) is 0 Å². The Hall–Kier alpha value is -5.80. The zero-order valence-corrected chi connectivity index (χ0v) is 23.3. The molecule has 0 saturated heterocycles. The van der Waals surface area contributed by atoms with Gasteiger partial charge in [0.2, 0.25) is 0 Å². The van der Waals surface area contributed by atoms with Gasteiger partial charge in [-0.2, -0.15) is 0 Å². The highest BCUT2D eigenvalue weighted by Gasteiger charge is 2.29. The lowest BCUT2D eigenvalue weighted by molar-refractivity contribution is 1.26. The zero-order chi connectivity index (χ0) is 28.3. The molecule has 0 amide bonds. The molecule has 0 unspecified atom stereocenters. The Morgan fingerprint density at radius 1 is 0.395 bits per heavy atom. The van der Waals surface area contributed by atoms with E-state index in [-0.39, 0.29) is 0 Å². The van der Waals surface area contributed by atoms with Crippen molar-refractivity contribution < 1.29 is 0 Å². The summed E-state index contributed by atoms with van der Waals surface area (Å²) in [5, 5.41) is 4.97. The fourth-order valence-corrected chi connectivity index (χ4v) is 6.69. The van der Waals surface area contributed by atoms with Crippen LogP contribution in [0, 0.1) is 0 Å². The number of rotatable bonds is 3. The van der Waals surface area contributed by atoms with E-state index in [9.17, 15) is 0 Å². The lowest BCUT2D eigenvalue weighted by Crippen LogP contribution is -2.16. The number of benzene rings is 7. The molecule has 0 N–H and O–H groups in total. The molecule has 200 valence electrons. The van der Waals surface area contributed by atoms with Crippen LogP contribution in [-0.4, -0.2) is 9.97 Å². The molecule has 0 saturated carbocycles. The van der Waals surface area contributed by atoms with Gasteiger partial charge in [-0.1, -0.05) is 121 Å². The van der Waals surface area contributed by atoms with Crippen molar-refractivity contribution in [2.45, 2.75) is 0 Å². The van der Waals surface area contributed by atoms with Crippen LogP contribution in [-0.2, 0) is 0 Å². The van der Waals surface area contributed by atoms with Crippen molar-refractivity contribution in [2.75, 3.05) is 4.90 Å². The van der Waals surface area contributed by atoms with E-state index in [4.69, 9.17) is 9.97 Å². The van der Waals surface area contributed by atoms with E-state index in [0.29, 0.717) is 0 Å². The van der Waals surface area contributed by atoms with Gasteiger partial charge in [-0.05, 0) is 52.1 Å². The predicted octanol–water partition coefficient (Wildman–Crippen LogP) is 10.7. The monoisotopic (exact) mass is 547 g/mol. The normalized spacial score (nSPS) is 12.1. The van der Waals surface area contributed by atoms with Crippen LogP contribution >= 0.6 is 0 Å². The van der Waals surface area contributed by atoms with Crippen LogP contribution in [0.2, 0.25) is 0 Å². The summed E-state index contributed by atoms with van der Waals surface area (Å²) in [7, 11) is 0. The Morgan fingerprint density at radius 3 is 1.88 bits per heavy atom. The van der Waals surface area contributed by atoms with E-state index in [0.717, 1.165) is 44.9 Å². The average Bonchev–Trinajstić information content (AvgIpc) is 3.08. The van der Waals surface area contributed by atoms with E-state index in [1.54, 1.807) is 0 Å². The summed E-state index contributed by atoms with van der Waals surface area (Å²) < 4.78 is 0. The smallest absolute Gasteiger partial charge is 0.0994 e. The summed E-state index contributed by atoms with van der Waals surface area (Å²) in [6.45, 7) is 0. The van der Waals surface area contributed by atoms with Gasteiger partial charge in [-0.15, -0.1) is 0 Å². The molecule has 2 heterocycles. The maximum absolute atomic E-state index is 5.29. The predicted molar refractivity (Wildman–Crippen MR) is 179 cm³/mol. The Labute approximate surface area is 249 Å². The van der Waals surface area contributed by atoms with Crippen molar-refractivity contribution in [2.24, 2.45) is 0 Å². The van der Waals surface area contributed by atoms with E-state index >= 15 is 0 Å². The Morgan fingerprint density at radius 2 is 1.02 bits per heavy atom. The molecule has 43 heavy (non-hydrogen) atoms. The van der Waals surface area contributed by atoms with Crippen molar-refractivity contribution in [3.05, 3.63) is 152 Å². The largest absolute Gasteiger partial charge is 0.309 e. The minimum Gasteiger partial charge on any atom is -0.309 e. The molecule has 8 aromatic rings. The van der Waals surface area contributed by atoms with E-state index < -0.39 is 0 Å².